The fourth-order valence-corrected chi connectivity index (χ4v) is 0.563. The number of halogens is 3. The van der Waals surface area contributed by atoms with Crippen LogP contribution in [0.15, 0.2) is 0 Å². The van der Waals surface area contributed by atoms with Gasteiger partial charge in [-0.3, -0.25) is 0 Å². The number of aliphatic hydroxyl groups excluding tert-OH is 2. The molecule has 0 heterocycles. The topological polar surface area (TPSA) is 52.5 Å². The van der Waals surface area contributed by atoms with E-state index in [4.69, 9.17) is 10.2 Å². The van der Waals surface area contributed by atoms with Gasteiger partial charge in [0.1, 0.15) is 0 Å². The van der Waals surface area contributed by atoms with E-state index < -0.39 is 25.3 Å². The van der Waals surface area contributed by atoms with E-state index in [1.54, 1.807) is 0 Å². The van der Waals surface area contributed by atoms with Crippen LogP contribution >= 0.6 is 0 Å². The highest BCUT2D eigenvalue weighted by Gasteiger charge is 2.25. The second-order valence-electron chi connectivity index (χ2n) is 2.41. The van der Waals surface area contributed by atoms with Gasteiger partial charge in [0.25, 0.3) is 0 Å². The van der Waals surface area contributed by atoms with Crippen LogP contribution in [0, 0.1) is 0 Å². The highest BCUT2D eigenvalue weighted by molar-refractivity contribution is 4.59. The van der Waals surface area contributed by atoms with E-state index in [0.717, 1.165) is 0 Å². The lowest BCUT2D eigenvalue weighted by molar-refractivity contribution is -0.133. The molecule has 6 heteroatoms. The van der Waals surface area contributed by atoms with Crippen molar-refractivity contribution in [3.8, 4) is 0 Å². The van der Waals surface area contributed by atoms with E-state index in [1.165, 1.54) is 0 Å². The Hall–Kier alpha value is -0.330. The molecule has 0 spiro atoms. The molecule has 0 bridgehead atoms. The molecule has 0 saturated heterocycles. The van der Waals surface area contributed by atoms with Crippen molar-refractivity contribution >= 4 is 0 Å². The summed E-state index contributed by atoms with van der Waals surface area (Å²) < 4.78 is 34.5. The van der Waals surface area contributed by atoms with Crippen LogP contribution in [0.25, 0.3) is 0 Å². The summed E-state index contributed by atoms with van der Waals surface area (Å²) in [5.74, 6) is 0. The average molecular weight is 187 g/mol. The molecule has 12 heavy (non-hydrogen) atoms. The Morgan fingerprint density at radius 3 is 2.33 bits per heavy atom. The van der Waals surface area contributed by atoms with Crippen LogP contribution < -0.4 is 5.32 Å². The predicted molar refractivity (Wildman–Crippen MR) is 36.6 cm³/mol. The minimum atomic E-state index is -4.17. The first kappa shape index (κ1) is 11.7. The number of nitrogens with one attached hydrogen (secondary N) is 1. The number of hydrogen-bond acceptors (Lipinski definition) is 3. The van der Waals surface area contributed by atoms with Gasteiger partial charge >= 0.3 is 6.18 Å². The minimum absolute atomic E-state index is 0.0212. The number of rotatable bonds is 5. The van der Waals surface area contributed by atoms with E-state index >= 15 is 0 Å². The molecule has 0 fully saturated rings. The molecule has 74 valence electrons. The Kier molecular flexibility index (Phi) is 5.19. The van der Waals surface area contributed by atoms with Gasteiger partial charge < -0.3 is 15.5 Å². The summed E-state index contributed by atoms with van der Waals surface area (Å²) in [5, 5.41) is 19.3. The van der Waals surface area contributed by atoms with E-state index in [0.29, 0.717) is 0 Å². The van der Waals surface area contributed by atoms with Gasteiger partial charge in [0.05, 0.1) is 19.1 Å². The van der Waals surface area contributed by atoms with Crippen LogP contribution in [0.4, 0.5) is 13.2 Å². The molecule has 0 saturated carbocycles. The van der Waals surface area contributed by atoms with Gasteiger partial charge in [-0.25, -0.2) is 0 Å². The van der Waals surface area contributed by atoms with Gasteiger partial charge in [-0.2, -0.15) is 13.2 Å². The smallest absolute Gasteiger partial charge is 0.390 e. The van der Waals surface area contributed by atoms with Crippen molar-refractivity contribution in [3.05, 3.63) is 0 Å². The molecule has 0 unspecified atom stereocenters. The quantitative estimate of drug-likeness (QED) is 0.526. The standard InChI is InChI=1S/C6H12F3NO2/c7-6(8,9)1-2-10-3-5(12)4-11/h5,10-12H,1-4H2/t5-/m1/s1. The zero-order chi connectivity index (χ0) is 9.61. The first-order valence-corrected chi connectivity index (χ1v) is 3.52. The van der Waals surface area contributed by atoms with Crippen molar-refractivity contribution in [2.75, 3.05) is 19.7 Å². The largest absolute Gasteiger partial charge is 0.394 e. The number of aliphatic hydroxyl groups is 2. The Balaban J connectivity index is 3.22. The van der Waals surface area contributed by atoms with E-state index in [-0.39, 0.29) is 13.1 Å². The first-order valence-electron chi connectivity index (χ1n) is 3.52. The Morgan fingerprint density at radius 2 is 1.92 bits per heavy atom. The number of alkyl halides is 3. The lowest BCUT2D eigenvalue weighted by Gasteiger charge is -2.09. The third-order valence-corrected chi connectivity index (χ3v) is 1.18. The lowest BCUT2D eigenvalue weighted by atomic mass is 10.3. The predicted octanol–water partition coefficient (Wildman–Crippen LogP) is -0.118. The maximum atomic E-state index is 11.5. The van der Waals surface area contributed by atoms with Crippen molar-refractivity contribution in [3.63, 3.8) is 0 Å². The van der Waals surface area contributed by atoms with Crippen molar-refractivity contribution in [2.45, 2.75) is 18.7 Å². The molecule has 0 rings (SSSR count). The zero-order valence-corrected chi connectivity index (χ0v) is 6.43. The summed E-state index contributed by atoms with van der Waals surface area (Å²) >= 11 is 0. The summed E-state index contributed by atoms with van der Waals surface area (Å²) in [6.45, 7) is -0.702. The van der Waals surface area contributed by atoms with Crippen LogP contribution in [0.3, 0.4) is 0 Å². The highest BCUT2D eigenvalue weighted by Crippen LogP contribution is 2.17. The summed E-state index contributed by atoms with van der Waals surface area (Å²) in [6, 6.07) is 0. The third kappa shape index (κ3) is 7.77. The van der Waals surface area contributed by atoms with Crippen molar-refractivity contribution in [2.24, 2.45) is 0 Å². The molecule has 0 aromatic carbocycles. The van der Waals surface area contributed by atoms with Crippen LogP contribution in [0.1, 0.15) is 6.42 Å². The summed E-state index contributed by atoms with van der Waals surface area (Å²) in [5.41, 5.74) is 0. The van der Waals surface area contributed by atoms with Gasteiger partial charge in [-0.05, 0) is 0 Å². The van der Waals surface area contributed by atoms with E-state index in [9.17, 15) is 13.2 Å². The summed E-state index contributed by atoms with van der Waals surface area (Å²) in [4.78, 5) is 0. The van der Waals surface area contributed by atoms with E-state index in [2.05, 4.69) is 5.32 Å². The zero-order valence-electron chi connectivity index (χ0n) is 6.43. The second-order valence-corrected chi connectivity index (χ2v) is 2.41. The molecule has 1 atom stereocenters. The highest BCUT2D eigenvalue weighted by atomic mass is 19.4. The molecular formula is C6H12F3NO2. The molecule has 3 N–H and O–H groups in total. The summed E-state index contributed by atoms with van der Waals surface area (Å²) in [7, 11) is 0. The summed E-state index contributed by atoms with van der Waals surface area (Å²) in [6.07, 6.45) is -6.08. The second kappa shape index (κ2) is 5.34. The van der Waals surface area contributed by atoms with Crippen molar-refractivity contribution in [1.29, 1.82) is 0 Å². The average Bonchev–Trinajstić information content (AvgIpc) is 1.96. The van der Waals surface area contributed by atoms with Gasteiger partial charge in [0, 0.05) is 13.1 Å². The molecule has 0 aliphatic rings. The Morgan fingerprint density at radius 1 is 1.33 bits per heavy atom. The van der Waals surface area contributed by atoms with Crippen LogP contribution in [0.2, 0.25) is 0 Å². The maximum absolute atomic E-state index is 11.5. The van der Waals surface area contributed by atoms with Crippen molar-refractivity contribution < 1.29 is 23.4 Å². The molecule has 0 aliphatic carbocycles. The molecule has 0 aromatic rings. The van der Waals surface area contributed by atoms with Crippen molar-refractivity contribution in [1.82, 2.24) is 5.32 Å². The fourth-order valence-electron chi connectivity index (χ4n) is 0.563. The Bertz CT molecular complexity index is 118. The van der Waals surface area contributed by atoms with Gasteiger partial charge in [-0.15, -0.1) is 0 Å². The fraction of sp³-hybridized carbons (Fsp3) is 1.00. The normalized spacial score (nSPS) is 14.8. The molecule has 0 aliphatic heterocycles. The van der Waals surface area contributed by atoms with Crippen LogP contribution in [0.5, 0.6) is 0 Å². The van der Waals surface area contributed by atoms with Gasteiger partial charge in [0.2, 0.25) is 0 Å². The van der Waals surface area contributed by atoms with Crippen LogP contribution in [-0.2, 0) is 0 Å². The Labute approximate surface area is 68.2 Å². The maximum Gasteiger partial charge on any atom is 0.390 e. The van der Waals surface area contributed by atoms with Gasteiger partial charge in [-0.1, -0.05) is 0 Å². The molecule has 3 nitrogen and oxygen atoms in total. The third-order valence-electron chi connectivity index (χ3n) is 1.18. The minimum Gasteiger partial charge on any atom is -0.394 e. The molecule has 0 aromatic heterocycles. The molecule has 0 amide bonds. The molecule has 0 radical (unpaired) electrons. The monoisotopic (exact) mass is 187 g/mol. The lowest BCUT2D eigenvalue weighted by Crippen LogP contribution is -2.31. The number of hydrogen-bond donors (Lipinski definition) is 3. The van der Waals surface area contributed by atoms with Gasteiger partial charge in [0.15, 0.2) is 0 Å². The SMILES string of the molecule is OC[C@H](O)CNCCC(F)(F)F. The van der Waals surface area contributed by atoms with Crippen LogP contribution in [-0.4, -0.2) is 42.2 Å². The first-order chi connectivity index (χ1) is 5.45. The van der Waals surface area contributed by atoms with E-state index in [1.807, 2.05) is 0 Å². The molecular weight excluding hydrogens is 175 g/mol.